The van der Waals surface area contributed by atoms with Crippen LogP contribution in [0.4, 0.5) is 17.8 Å². The van der Waals surface area contributed by atoms with Gasteiger partial charge in [-0.15, -0.1) is 0 Å². The molecule has 112 valence electrons. The number of nitrogens with zero attached hydrogens (tertiary/aromatic N) is 4. The molecule has 0 saturated carbocycles. The van der Waals surface area contributed by atoms with E-state index in [4.69, 9.17) is 5.11 Å². The first-order chi connectivity index (χ1) is 9.72. The second-order valence-corrected chi connectivity index (χ2v) is 5.14. The molecule has 1 aromatic rings. The summed E-state index contributed by atoms with van der Waals surface area (Å²) in [6.07, 6.45) is 4.04. The average molecular weight is 280 g/mol. The van der Waals surface area contributed by atoms with Crippen LogP contribution >= 0.6 is 0 Å². The van der Waals surface area contributed by atoms with Gasteiger partial charge in [0.2, 0.25) is 17.8 Å². The van der Waals surface area contributed by atoms with Crippen molar-refractivity contribution in [3.05, 3.63) is 0 Å². The van der Waals surface area contributed by atoms with Crippen molar-refractivity contribution in [3.8, 4) is 0 Å². The van der Waals surface area contributed by atoms with Gasteiger partial charge in [-0.3, -0.25) is 0 Å². The molecule has 0 aromatic carbocycles. The van der Waals surface area contributed by atoms with Gasteiger partial charge >= 0.3 is 0 Å². The Morgan fingerprint density at radius 3 is 2.55 bits per heavy atom. The molecule has 2 heterocycles. The van der Waals surface area contributed by atoms with E-state index < -0.39 is 0 Å². The molecule has 0 amide bonds. The van der Waals surface area contributed by atoms with Crippen molar-refractivity contribution < 1.29 is 5.11 Å². The van der Waals surface area contributed by atoms with Gasteiger partial charge in [-0.1, -0.05) is 0 Å². The zero-order chi connectivity index (χ0) is 14.4. The summed E-state index contributed by atoms with van der Waals surface area (Å²) in [4.78, 5) is 15.4. The number of hydrogen-bond acceptors (Lipinski definition) is 7. The van der Waals surface area contributed by atoms with Crippen LogP contribution in [0.3, 0.4) is 0 Å². The molecule has 1 atom stereocenters. The van der Waals surface area contributed by atoms with Crippen molar-refractivity contribution in [1.82, 2.24) is 15.0 Å². The van der Waals surface area contributed by atoms with E-state index in [2.05, 4.69) is 37.4 Å². The van der Waals surface area contributed by atoms with E-state index in [1.165, 1.54) is 12.8 Å². The minimum Gasteiger partial charge on any atom is -0.396 e. The number of aliphatic hydroxyl groups is 1. The van der Waals surface area contributed by atoms with Crippen molar-refractivity contribution in [3.63, 3.8) is 0 Å². The summed E-state index contributed by atoms with van der Waals surface area (Å²) in [7, 11) is 1.81. The van der Waals surface area contributed by atoms with Crippen LogP contribution in [0.5, 0.6) is 0 Å². The molecule has 1 fully saturated rings. The van der Waals surface area contributed by atoms with Crippen molar-refractivity contribution in [1.29, 1.82) is 0 Å². The zero-order valence-corrected chi connectivity index (χ0v) is 12.3. The summed E-state index contributed by atoms with van der Waals surface area (Å²) in [6.45, 7) is 4.29. The lowest BCUT2D eigenvalue weighted by atomic mass is 10.2. The molecule has 1 aliphatic heterocycles. The van der Waals surface area contributed by atoms with Crippen LogP contribution in [-0.4, -0.2) is 52.8 Å². The van der Waals surface area contributed by atoms with E-state index in [9.17, 15) is 0 Å². The van der Waals surface area contributed by atoms with Gasteiger partial charge in [0.05, 0.1) is 0 Å². The van der Waals surface area contributed by atoms with Crippen LogP contribution in [0.25, 0.3) is 0 Å². The Labute approximate surface area is 119 Å². The van der Waals surface area contributed by atoms with E-state index >= 15 is 0 Å². The molecular weight excluding hydrogens is 256 g/mol. The van der Waals surface area contributed by atoms with Gasteiger partial charge in [-0.2, -0.15) is 15.0 Å². The van der Waals surface area contributed by atoms with Gasteiger partial charge in [-0.25, -0.2) is 0 Å². The molecule has 0 spiro atoms. The molecule has 1 aromatic heterocycles. The quantitative estimate of drug-likeness (QED) is 0.689. The second-order valence-electron chi connectivity index (χ2n) is 5.14. The Hall–Kier alpha value is -1.63. The SMILES string of the molecule is CNc1nc(NC(C)CCCO)nc(N2CCCC2)n1. The van der Waals surface area contributed by atoms with Crippen LogP contribution in [0.2, 0.25) is 0 Å². The molecule has 1 aliphatic rings. The number of rotatable bonds is 7. The monoisotopic (exact) mass is 280 g/mol. The van der Waals surface area contributed by atoms with E-state index in [-0.39, 0.29) is 12.6 Å². The largest absolute Gasteiger partial charge is 0.396 e. The van der Waals surface area contributed by atoms with Crippen molar-refractivity contribution in [2.45, 2.75) is 38.6 Å². The van der Waals surface area contributed by atoms with Crippen LogP contribution in [-0.2, 0) is 0 Å². The number of anilines is 3. The molecule has 1 unspecified atom stereocenters. The third kappa shape index (κ3) is 3.93. The summed E-state index contributed by atoms with van der Waals surface area (Å²) in [6, 6.07) is 0.223. The zero-order valence-electron chi connectivity index (χ0n) is 12.3. The molecule has 2 rings (SSSR count). The number of nitrogens with one attached hydrogen (secondary N) is 2. The van der Waals surface area contributed by atoms with Crippen molar-refractivity contribution in [2.75, 3.05) is 42.3 Å². The summed E-state index contributed by atoms with van der Waals surface area (Å²) in [5.74, 6) is 1.91. The molecule has 7 nitrogen and oxygen atoms in total. The van der Waals surface area contributed by atoms with Crippen molar-refractivity contribution >= 4 is 17.8 Å². The maximum atomic E-state index is 8.87. The Bertz CT molecular complexity index is 421. The smallest absolute Gasteiger partial charge is 0.231 e. The normalized spacial score (nSPS) is 16.2. The number of hydrogen-bond donors (Lipinski definition) is 3. The van der Waals surface area contributed by atoms with Gasteiger partial charge < -0.3 is 20.6 Å². The molecular formula is C13H24N6O. The lowest BCUT2D eigenvalue weighted by Crippen LogP contribution is -2.24. The Kier molecular flexibility index (Phi) is 5.34. The minimum absolute atomic E-state index is 0.212. The maximum Gasteiger partial charge on any atom is 0.231 e. The third-order valence-electron chi connectivity index (χ3n) is 3.41. The molecule has 7 heteroatoms. The minimum atomic E-state index is 0.212. The van der Waals surface area contributed by atoms with Crippen LogP contribution in [0.15, 0.2) is 0 Å². The van der Waals surface area contributed by atoms with Crippen LogP contribution in [0.1, 0.15) is 32.6 Å². The van der Waals surface area contributed by atoms with E-state index in [0.717, 1.165) is 31.9 Å². The fraction of sp³-hybridized carbons (Fsp3) is 0.769. The van der Waals surface area contributed by atoms with Gasteiger partial charge in [0.15, 0.2) is 0 Å². The molecule has 0 bridgehead atoms. The first-order valence-electron chi connectivity index (χ1n) is 7.29. The standard InChI is InChI=1S/C13H24N6O/c1-10(6-5-9-20)15-12-16-11(14-2)17-13(18-12)19-7-3-4-8-19/h10,20H,3-9H2,1-2H3,(H2,14,15,16,17,18). The predicted molar refractivity (Wildman–Crippen MR) is 80.2 cm³/mol. The second kappa shape index (κ2) is 7.23. The summed E-state index contributed by atoms with van der Waals surface area (Å²) < 4.78 is 0. The summed E-state index contributed by atoms with van der Waals surface area (Å²) >= 11 is 0. The first-order valence-corrected chi connectivity index (χ1v) is 7.29. The number of aliphatic hydroxyl groups excluding tert-OH is 1. The topological polar surface area (TPSA) is 86.2 Å². The highest BCUT2D eigenvalue weighted by atomic mass is 16.2. The Morgan fingerprint density at radius 1 is 1.20 bits per heavy atom. The highest BCUT2D eigenvalue weighted by Crippen LogP contribution is 2.19. The van der Waals surface area contributed by atoms with Gasteiger partial charge in [0, 0.05) is 32.8 Å². The lowest BCUT2D eigenvalue weighted by Gasteiger charge is -2.18. The fourth-order valence-corrected chi connectivity index (χ4v) is 2.29. The molecule has 0 radical (unpaired) electrons. The highest BCUT2D eigenvalue weighted by Gasteiger charge is 2.17. The first kappa shape index (κ1) is 14.8. The van der Waals surface area contributed by atoms with Gasteiger partial charge in [0.1, 0.15) is 0 Å². The van der Waals surface area contributed by atoms with Crippen LogP contribution < -0.4 is 15.5 Å². The molecule has 0 aliphatic carbocycles. The van der Waals surface area contributed by atoms with E-state index in [0.29, 0.717) is 11.9 Å². The fourth-order valence-electron chi connectivity index (χ4n) is 2.29. The van der Waals surface area contributed by atoms with Gasteiger partial charge in [0.25, 0.3) is 0 Å². The maximum absolute atomic E-state index is 8.87. The van der Waals surface area contributed by atoms with E-state index in [1.807, 2.05) is 7.05 Å². The van der Waals surface area contributed by atoms with Crippen molar-refractivity contribution in [2.24, 2.45) is 0 Å². The average Bonchev–Trinajstić information content (AvgIpc) is 2.99. The molecule has 20 heavy (non-hydrogen) atoms. The molecule has 3 N–H and O–H groups in total. The van der Waals surface area contributed by atoms with Gasteiger partial charge in [-0.05, 0) is 32.6 Å². The Morgan fingerprint density at radius 2 is 1.90 bits per heavy atom. The Balaban J connectivity index is 2.08. The summed E-state index contributed by atoms with van der Waals surface area (Å²) in [5.41, 5.74) is 0. The highest BCUT2D eigenvalue weighted by molar-refractivity contribution is 5.44. The number of aromatic nitrogens is 3. The van der Waals surface area contributed by atoms with E-state index in [1.54, 1.807) is 0 Å². The lowest BCUT2D eigenvalue weighted by molar-refractivity contribution is 0.282. The third-order valence-corrected chi connectivity index (χ3v) is 3.41. The molecule has 1 saturated heterocycles. The van der Waals surface area contributed by atoms with Crippen LogP contribution in [0, 0.1) is 0 Å². The predicted octanol–water partition coefficient (Wildman–Crippen LogP) is 1.09. The summed E-state index contributed by atoms with van der Waals surface area (Å²) in [5, 5.41) is 15.1.